The molecule has 0 amide bonds. The Bertz CT molecular complexity index is 388. The highest BCUT2D eigenvalue weighted by molar-refractivity contribution is 6.28. The Morgan fingerprint density at radius 3 is 3.08 bits per heavy atom. The molecule has 0 bridgehead atoms. The number of halogens is 1. The smallest absolute Gasteiger partial charge is 0.224 e. The van der Waals surface area contributed by atoms with Crippen LogP contribution in [0.5, 0.6) is 0 Å². The third-order valence-corrected chi connectivity index (χ3v) is 1.42. The highest BCUT2D eigenvalue weighted by Crippen LogP contribution is 2.11. The van der Waals surface area contributed by atoms with Gasteiger partial charge in [0.15, 0.2) is 0 Å². The Morgan fingerprint density at radius 1 is 1.69 bits per heavy atom. The molecule has 0 spiro atoms. The Labute approximate surface area is 80.6 Å². The summed E-state index contributed by atoms with van der Waals surface area (Å²) in [5.41, 5.74) is 0.319. The van der Waals surface area contributed by atoms with Crippen molar-refractivity contribution in [1.29, 1.82) is 5.26 Å². The van der Waals surface area contributed by atoms with E-state index in [1.54, 1.807) is 0 Å². The van der Waals surface area contributed by atoms with Crippen molar-refractivity contribution in [3.63, 3.8) is 0 Å². The lowest BCUT2D eigenvalue weighted by atomic mass is 10.3. The van der Waals surface area contributed by atoms with Crippen LogP contribution in [0.1, 0.15) is 5.56 Å². The van der Waals surface area contributed by atoms with Crippen LogP contribution in [0.25, 0.3) is 0 Å². The molecule has 1 N–H and O–H groups in total. The van der Waals surface area contributed by atoms with E-state index < -0.39 is 0 Å². The fourth-order valence-corrected chi connectivity index (χ4v) is 0.845. The number of anilines is 1. The summed E-state index contributed by atoms with van der Waals surface area (Å²) in [7, 11) is 0. The SMILES string of the molecule is C#CCNc1nc(Cl)ncc1C#N. The van der Waals surface area contributed by atoms with Crippen molar-refractivity contribution in [2.75, 3.05) is 11.9 Å². The van der Waals surface area contributed by atoms with Gasteiger partial charge in [-0.05, 0) is 11.6 Å². The molecule has 0 saturated carbocycles. The monoisotopic (exact) mass is 192 g/mol. The molecule has 4 nitrogen and oxygen atoms in total. The maximum Gasteiger partial charge on any atom is 0.224 e. The van der Waals surface area contributed by atoms with Gasteiger partial charge in [-0.3, -0.25) is 0 Å². The molecule has 0 fully saturated rings. The van der Waals surface area contributed by atoms with Crippen molar-refractivity contribution < 1.29 is 0 Å². The molecule has 0 aromatic carbocycles. The highest BCUT2D eigenvalue weighted by Gasteiger charge is 2.03. The normalized spacial score (nSPS) is 8.54. The van der Waals surface area contributed by atoms with Gasteiger partial charge in [-0.1, -0.05) is 5.92 Å². The van der Waals surface area contributed by atoms with Crippen LogP contribution in [0.15, 0.2) is 6.20 Å². The van der Waals surface area contributed by atoms with Gasteiger partial charge in [-0.25, -0.2) is 4.98 Å². The average Bonchev–Trinajstić information content (AvgIpc) is 2.15. The molecule has 1 rings (SSSR count). The lowest BCUT2D eigenvalue weighted by molar-refractivity contribution is 1.13. The number of hydrogen-bond donors (Lipinski definition) is 1. The zero-order chi connectivity index (χ0) is 9.68. The quantitative estimate of drug-likeness (QED) is 0.562. The van der Waals surface area contributed by atoms with Crippen LogP contribution in [0.4, 0.5) is 5.82 Å². The molecule has 0 unspecified atom stereocenters. The molecule has 0 radical (unpaired) electrons. The molecule has 0 aliphatic rings. The number of hydrogen-bond acceptors (Lipinski definition) is 4. The molecular formula is C8H5ClN4. The van der Waals surface area contributed by atoms with Crippen molar-refractivity contribution in [2.45, 2.75) is 0 Å². The summed E-state index contributed by atoms with van der Waals surface area (Å²) in [4.78, 5) is 7.47. The lowest BCUT2D eigenvalue weighted by Gasteiger charge is -2.02. The Morgan fingerprint density at radius 2 is 2.46 bits per heavy atom. The Kier molecular flexibility index (Phi) is 3.08. The fourth-order valence-electron chi connectivity index (χ4n) is 0.712. The number of rotatable bonds is 2. The average molecular weight is 193 g/mol. The molecule has 0 aliphatic carbocycles. The number of nitrogens with zero attached hydrogens (tertiary/aromatic N) is 3. The molecular weight excluding hydrogens is 188 g/mol. The van der Waals surface area contributed by atoms with Crippen LogP contribution in [0, 0.1) is 23.7 Å². The van der Waals surface area contributed by atoms with Crippen LogP contribution in [-0.2, 0) is 0 Å². The molecule has 1 heterocycles. The van der Waals surface area contributed by atoms with E-state index in [1.807, 2.05) is 6.07 Å². The number of nitriles is 1. The Hall–Kier alpha value is -1.78. The molecule has 5 heteroatoms. The number of nitrogens with one attached hydrogen (secondary N) is 1. The van der Waals surface area contributed by atoms with E-state index >= 15 is 0 Å². The topological polar surface area (TPSA) is 61.6 Å². The first-order chi connectivity index (χ1) is 6.27. The van der Waals surface area contributed by atoms with Gasteiger partial charge in [-0.2, -0.15) is 10.2 Å². The summed E-state index contributed by atoms with van der Waals surface area (Å²) in [5.74, 6) is 2.72. The van der Waals surface area contributed by atoms with Crippen LogP contribution >= 0.6 is 11.6 Å². The zero-order valence-electron chi connectivity index (χ0n) is 6.58. The molecule has 0 aliphatic heterocycles. The summed E-state index contributed by atoms with van der Waals surface area (Å²) in [6.07, 6.45) is 6.38. The minimum absolute atomic E-state index is 0.0820. The first-order valence-corrected chi connectivity index (χ1v) is 3.75. The van der Waals surface area contributed by atoms with E-state index in [4.69, 9.17) is 23.3 Å². The number of aromatic nitrogens is 2. The summed E-state index contributed by atoms with van der Waals surface area (Å²) in [6, 6.07) is 1.92. The van der Waals surface area contributed by atoms with Crippen LogP contribution in [0.2, 0.25) is 5.28 Å². The molecule has 1 aromatic rings. The van der Waals surface area contributed by atoms with E-state index in [-0.39, 0.29) is 5.28 Å². The van der Waals surface area contributed by atoms with Crippen molar-refractivity contribution in [2.24, 2.45) is 0 Å². The zero-order valence-corrected chi connectivity index (χ0v) is 7.34. The second-order valence-electron chi connectivity index (χ2n) is 2.07. The molecule has 0 saturated heterocycles. The maximum absolute atomic E-state index is 8.64. The third-order valence-electron chi connectivity index (χ3n) is 1.24. The lowest BCUT2D eigenvalue weighted by Crippen LogP contribution is -2.04. The highest BCUT2D eigenvalue weighted by atomic mass is 35.5. The van der Waals surface area contributed by atoms with Gasteiger partial charge in [0.05, 0.1) is 12.7 Å². The van der Waals surface area contributed by atoms with Crippen molar-refractivity contribution in [3.8, 4) is 18.4 Å². The predicted molar refractivity (Wildman–Crippen MR) is 49.1 cm³/mol. The second kappa shape index (κ2) is 4.30. The van der Waals surface area contributed by atoms with Crippen molar-refractivity contribution >= 4 is 17.4 Å². The molecule has 1 aromatic heterocycles. The Balaban J connectivity index is 2.97. The van der Waals surface area contributed by atoms with Crippen LogP contribution in [-0.4, -0.2) is 16.5 Å². The van der Waals surface area contributed by atoms with E-state index in [0.717, 1.165) is 0 Å². The molecule has 13 heavy (non-hydrogen) atoms. The van der Waals surface area contributed by atoms with Crippen molar-refractivity contribution in [3.05, 3.63) is 17.0 Å². The minimum atomic E-state index is 0.0820. The van der Waals surface area contributed by atoms with Gasteiger partial charge in [0.25, 0.3) is 0 Å². The summed E-state index contributed by atoms with van der Waals surface area (Å²) >= 11 is 5.53. The summed E-state index contributed by atoms with van der Waals surface area (Å²) in [5, 5.41) is 11.5. The van der Waals surface area contributed by atoms with Gasteiger partial charge in [-0.15, -0.1) is 6.42 Å². The van der Waals surface area contributed by atoms with Crippen molar-refractivity contribution in [1.82, 2.24) is 9.97 Å². The van der Waals surface area contributed by atoms with Crippen LogP contribution < -0.4 is 5.32 Å². The van der Waals surface area contributed by atoms with E-state index in [9.17, 15) is 0 Å². The second-order valence-corrected chi connectivity index (χ2v) is 2.41. The standard InChI is InChI=1S/C8H5ClN4/c1-2-3-11-7-6(4-10)5-12-8(9)13-7/h1,5H,3H2,(H,11,12,13). The maximum atomic E-state index is 8.64. The largest absolute Gasteiger partial charge is 0.358 e. The fraction of sp³-hybridized carbons (Fsp3) is 0.125. The minimum Gasteiger partial charge on any atom is -0.358 e. The number of terminal acetylenes is 1. The molecule has 0 atom stereocenters. The third kappa shape index (κ3) is 2.33. The first-order valence-electron chi connectivity index (χ1n) is 3.38. The van der Waals surface area contributed by atoms with E-state index in [0.29, 0.717) is 17.9 Å². The predicted octanol–water partition coefficient (Wildman–Crippen LogP) is 1.05. The molecule has 64 valence electrons. The summed E-state index contributed by atoms with van der Waals surface area (Å²) in [6.45, 7) is 0.294. The van der Waals surface area contributed by atoms with E-state index in [2.05, 4.69) is 21.2 Å². The van der Waals surface area contributed by atoms with Gasteiger partial charge >= 0.3 is 0 Å². The van der Waals surface area contributed by atoms with Gasteiger partial charge in [0.2, 0.25) is 5.28 Å². The van der Waals surface area contributed by atoms with Crippen LogP contribution in [0.3, 0.4) is 0 Å². The van der Waals surface area contributed by atoms with E-state index in [1.165, 1.54) is 6.20 Å². The summed E-state index contributed by atoms with van der Waals surface area (Å²) < 4.78 is 0. The van der Waals surface area contributed by atoms with Gasteiger partial charge in [0.1, 0.15) is 17.5 Å². The first kappa shape index (κ1) is 9.31. The van der Waals surface area contributed by atoms with Gasteiger partial charge in [0, 0.05) is 0 Å². The van der Waals surface area contributed by atoms with Gasteiger partial charge < -0.3 is 5.32 Å².